The first-order chi connectivity index (χ1) is 10.9. The molecule has 0 spiro atoms. The Labute approximate surface area is 140 Å². The summed E-state index contributed by atoms with van der Waals surface area (Å²) in [5, 5.41) is 12.0. The zero-order valence-corrected chi connectivity index (χ0v) is 14.3. The molecule has 0 radical (unpaired) electrons. The minimum atomic E-state index is -0.775. The monoisotopic (exact) mass is 331 g/mol. The summed E-state index contributed by atoms with van der Waals surface area (Å²) >= 11 is 1.60. The second kappa shape index (κ2) is 6.07. The van der Waals surface area contributed by atoms with Gasteiger partial charge >= 0.3 is 0 Å². The van der Waals surface area contributed by atoms with Crippen molar-refractivity contribution in [3.05, 3.63) is 57.8 Å². The van der Waals surface area contributed by atoms with Crippen LogP contribution in [0.2, 0.25) is 0 Å². The van der Waals surface area contributed by atoms with Crippen LogP contribution in [-0.4, -0.2) is 34.3 Å². The smallest absolute Gasteiger partial charge is 0.256 e. The molecule has 1 fully saturated rings. The number of carbonyl (C=O) groups excluding carboxylic acids is 1. The zero-order chi connectivity index (χ0) is 16.6. The van der Waals surface area contributed by atoms with E-state index in [0.29, 0.717) is 5.56 Å². The number of aliphatic hydroxyl groups excluding tert-OH is 1. The maximum atomic E-state index is 13.0. The molecule has 4 nitrogen and oxygen atoms in total. The molecule has 1 aliphatic rings. The van der Waals surface area contributed by atoms with Crippen molar-refractivity contribution in [2.75, 3.05) is 6.61 Å². The molecule has 2 atom stereocenters. The Morgan fingerprint density at radius 2 is 2.04 bits per heavy atom. The van der Waals surface area contributed by atoms with E-state index in [1.807, 2.05) is 39.0 Å². The number of benzene rings is 1. The lowest BCUT2D eigenvalue weighted by Crippen LogP contribution is -2.49. The summed E-state index contributed by atoms with van der Waals surface area (Å²) in [6.07, 6.45) is -0.304. The largest absolute Gasteiger partial charge is 0.394 e. The number of aryl methyl sites for hydroxylation is 1. The molecule has 1 saturated heterocycles. The summed E-state index contributed by atoms with van der Waals surface area (Å²) in [6.45, 7) is 5.64. The maximum absolute atomic E-state index is 13.0. The first kappa shape index (κ1) is 16.2. The predicted molar refractivity (Wildman–Crippen MR) is 90.4 cm³/mol. The molecule has 122 valence electrons. The highest BCUT2D eigenvalue weighted by Crippen LogP contribution is 2.43. The van der Waals surface area contributed by atoms with E-state index in [1.165, 1.54) is 0 Å². The molecular formula is C18H21NO3S. The van der Waals surface area contributed by atoms with Gasteiger partial charge in [-0.05, 0) is 49.9 Å². The molecule has 3 rings (SSSR count). The summed E-state index contributed by atoms with van der Waals surface area (Å²) < 4.78 is 6.16. The van der Waals surface area contributed by atoms with E-state index in [9.17, 15) is 9.90 Å². The third-order valence-electron chi connectivity index (χ3n) is 4.13. The Hall–Kier alpha value is -1.69. The third kappa shape index (κ3) is 2.92. The lowest BCUT2D eigenvalue weighted by molar-refractivity contribution is -0.0646. The number of nitrogens with zero attached hydrogens (tertiary/aromatic N) is 1. The predicted octanol–water partition coefficient (Wildman–Crippen LogP) is 3.37. The number of carbonyl (C=O) groups is 1. The molecule has 2 heterocycles. The van der Waals surface area contributed by atoms with Crippen molar-refractivity contribution in [3.63, 3.8) is 0 Å². The Balaban J connectivity index is 1.97. The van der Waals surface area contributed by atoms with Gasteiger partial charge in [0.2, 0.25) is 0 Å². The number of thiophene rings is 1. The van der Waals surface area contributed by atoms with Gasteiger partial charge in [-0.1, -0.05) is 18.2 Å². The van der Waals surface area contributed by atoms with E-state index in [-0.39, 0.29) is 18.6 Å². The third-order valence-corrected chi connectivity index (χ3v) is 5.25. The van der Waals surface area contributed by atoms with E-state index in [2.05, 4.69) is 11.4 Å². The van der Waals surface area contributed by atoms with Gasteiger partial charge in [0.15, 0.2) is 0 Å². The van der Waals surface area contributed by atoms with Crippen LogP contribution in [0.4, 0.5) is 0 Å². The van der Waals surface area contributed by atoms with Gasteiger partial charge < -0.3 is 14.7 Å². The van der Waals surface area contributed by atoms with Gasteiger partial charge in [-0.25, -0.2) is 0 Å². The molecule has 0 saturated carbocycles. The molecule has 0 aliphatic carbocycles. The van der Waals surface area contributed by atoms with Gasteiger partial charge in [0.05, 0.1) is 12.6 Å². The average molecular weight is 331 g/mol. The number of ether oxygens (including phenoxy) is 1. The Kier molecular flexibility index (Phi) is 4.27. The van der Waals surface area contributed by atoms with Crippen LogP contribution in [0.1, 0.15) is 40.8 Å². The van der Waals surface area contributed by atoms with Gasteiger partial charge in [0, 0.05) is 10.4 Å². The van der Waals surface area contributed by atoms with Crippen LogP contribution < -0.4 is 0 Å². The number of hydrogen-bond donors (Lipinski definition) is 1. The van der Waals surface area contributed by atoms with Crippen molar-refractivity contribution in [3.8, 4) is 0 Å². The van der Waals surface area contributed by atoms with Crippen LogP contribution in [0, 0.1) is 6.92 Å². The van der Waals surface area contributed by atoms with E-state index in [4.69, 9.17) is 4.74 Å². The molecule has 2 aromatic rings. The lowest BCUT2D eigenvalue weighted by Gasteiger charge is -2.33. The van der Waals surface area contributed by atoms with Crippen molar-refractivity contribution in [1.82, 2.24) is 4.90 Å². The molecule has 1 N–H and O–H groups in total. The Morgan fingerprint density at radius 3 is 2.61 bits per heavy atom. The molecule has 1 aliphatic heterocycles. The zero-order valence-electron chi connectivity index (χ0n) is 13.5. The number of amides is 1. The van der Waals surface area contributed by atoms with Gasteiger partial charge in [-0.15, -0.1) is 11.3 Å². The summed E-state index contributed by atoms with van der Waals surface area (Å²) in [6, 6.07) is 10.8. The normalized spacial score (nSPS) is 23.2. The molecule has 0 unspecified atom stereocenters. The van der Waals surface area contributed by atoms with Crippen molar-refractivity contribution < 1.29 is 14.6 Å². The fourth-order valence-electron chi connectivity index (χ4n) is 3.12. The van der Waals surface area contributed by atoms with E-state index >= 15 is 0 Å². The molecular weight excluding hydrogens is 310 g/mol. The van der Waals surface area contributed by atoms with Gasteiger partial charge in [-0.3, -0.25) is 4.79 Å². The van der Waals surface area contributed by atoms with Crippen molar-refractivity contribution >= 4 is 17.2 Å². The molecule has 5 heteroatoms. The van der Waals surface area contributed by atoms with Gasteiger partial charge in [-0.2, -0.15) is 0 Å². The topological polar surface area (TPSA) is 49.8 Å². The molecule has 1 aromatic carbocycles. The van der Waals surface area contributed by atoms with Crippen LogP contribution >= 0.6 is 11.3 Å². The van der Waals surface area contributed by atoms with Crippen LogP contribution in [0.5, 0.6) is 0 Å². The highest BCUT2D eigenvalue weighted by molar-refractivity contribution is 7.10. The van der Waals surface area contributed by atoms with Crippen LogP contribution in [0.25, 0.3) is 0 Å². The Morgan fingerprint density at radius 1 is 1.35 bits per heavy atom. The number of rotatable bonds is 3. The van der Waals surface area contributed by atoms with E-state index in [0.717, 1.165) is 10.4 Å². The number of hydrogen-bond acceptors (Lipinski definition) is 4. The molecule has 0 bridgehead atoms. The first-order valence-electron chi connectivity index (χ1n) is 7.66. The van der Waals surface area contributed by atoms with E-state index < -0.39 is 11.8 Å². The highest BCUT2D eigenvalue weighted by atomic mass is 32.1. The van der Waals surface area contributed by atoms with Gasteiger partial charge in [0.25, 0.3) is 5.91 Å². The quantitative estimate of drug-likeness (QED) is 0.938. The standard InChI is InChI=1S/C18H21NO3S/c1-12-9-15(23-11-12)16-14(10-20)19(18(2,3)22-16)17(21)13-7-5-4-6-8-13/h4-9,11,14,16,20H,10H2,1-3H3/t14-,16-/m0/s1. The number of aliphatic hydroxyl groups is 1. The minimum Gasteiger partial charge on any atom is -0.394 e. The Bertz CT molecular complexity index is 695. The SMILES string of the molecule is Cc1csc([C@H]2OC(C)(C)N(C(=O)c3ccccc3)[C@H]2CO)c1. The molecule has 1 aromatic heterocycles. The fourth-order valence-corrected chi connectivity index (χ4v) is 4.11. The maximum Gasteiger partial charge on any atom is 0.256 e. The summed E-state index contributed by atoms with van der Waals surface area (Å²) in [7, 11) is 0. The first-order valence-corrected chi connectivity index (χ1v) is 8.54. The minimum absolute atomic E-state index is 0.120. The van der Waals surface area contributed by atoms with Crippen molar-refractivity contribution in [2.24, 2.45) is 0 Å². The second-order valence-corrected chi connectivity index (χ2v) is 7.25. The van der Waals surface area contributed by atoms with Crippen molar-refractivity contribution in [1.29, 1.82) is 0 Å². The molecule has 23 heavy (non-hydrogen) atoms. The average Bonchev–Trinajstić information content (AvgIpc) is 3.07. The summed E-state index contributed by atoms with van der Waals surface area (Å²) in [4.78, 5) is 15.7. The van der Waals surface area contributed by atoms with E-state index in [1.54, 1.807) is 28.4 Å². The fraction of sp³-hybridized carbons (Fsp3) is 0.389. The van der Waals surface area contributed by atoms with Gasteiger partial charge in [0.1, 0.15) is 11.8 Å². The van der Waals surface area contributed by atoms with Crippen LogP contribution in [0.15, 0.2) is 41.8 Å². The second-order valence-electron chi connectivity index (χ2n) is 6.30. The summed E-state index contributed by atoms with van der Waals surface area (Å²) in [5.74, 6) is -0.120. The molecule has 1 amide bonds. The summed E-state index contributed by atoms with van der Waals surface area (Å²) in [5.41, 5.74) is 0.990. The van der Waals surface area contributed by atoms with Crippen molar-refractivity contribution in [2.45, 2.75) is 38.6 Å². The van der Waals surface area contributed by atoms with Crippen LogP contribution in [-0.2, 0) is 4.74 Å². The highest BCUT2D eigenvalue weighted by Gasteiger charge is 2.50. The lowest BCUT2D eigenvalue weighted by atomic mass is 10.1. The van der Waals surface area contributed by atoms with Crippen LogP contribution in [0.3, 0.4) is 0 Å².